The number of carbonyl (C=O) groups is 1. The first-order valence-corrected chi connectivity index (χ1v) is 5.68. The van der Waals surface area contributed by atoms with Gasteiger partial charge in [0.25, 0.3) is 0 Å². The summed E-state index contributed by atoms with van der Waals surface area (Å²) in [5.41, 5.74) is 0. The molecule has 0 bridgehead atoms. The van der Waals surface area contributed by atoms with Crippen LogP contribution in [0, 0.1) is 0 Å². The van der Waals surface area contributed by atoms with E-state index in [1.807, 2.05) is 7.05 Å². The minimum atomic E-state index is -0.349. The van der Waals surface area contributed by atoms with E-state index in [2.05, 4.69) is 18.7 Å². The minimum Gasteiger partial charge on any atom is -0.465 e. The summed E-state index contributed by atoms with van der Waals surface area (Å²) in [5, 5.41) is 0. The number of likely N-dealkylation sites (N-methyl/N-ethyl adjacent to an activating group) is 1. The van der Waals surface area contributed by atoms with Crippen molar-refractivity contribution in [1.29, 1.82) is 0 Å². The molecule has 0 spiro atoms. The standard InChI is InChI=1S/C13H19NO3.ClH/c1-11(2)14(3)8-10-17-13(15)7-6-12-5-4-9-16-12;/h4-7,9,11H,8,10H2,1-3H3;1H/b7-6+;. The van der Waals surface area contributed by atoms with Gasteiger partial charge in [-0.25, -0.2) is 4.79 Å². The van der Waals surface area contributed by atoms with E-state index in [9.17, 15) is 4.79 Å². The highest BCUT2D eigenvalue weighted by Crippen LogP contribution is 2.02. The van der Waals surface area contributed by atoms with Gasteiger partial charge in [0.1, 0.15) is 12.4 Å². The second-order valence-electron chi connectivity index (χ2n) is 4.09. The summed E-state index contributed by atoms with van der Waals surface area (Å²) in [5.74, 6) is 0.291. The van der Waals surface area contributed by atoms with Crippen LogP contribution >= 0.6 is 12.4 Å². The first-order valence-electron chi connectivity index (χ1n) is 5.68. The third-order valence-corrected chi connectivity index (χ3v) is 2.50. The van der Waals surface area contributed by atoms with E-state index < -0.39 is 0 Å². The zero-order valence-electron chi connectivity index (χ0n) is 11.0. The molecule has 0 atom stereocenters. The quantitative estimate of drug-likeness (QED) is 0.590. The zero-order valence-corrected chi connectivity index (χ0v) is 11.8. The van der Waals surface area contributed by atoms with Gasteiger partial charge < -0.3 is 14.1 Å². The second-order valence-corrected chi connectivity index (χ2v) is 4.09. The molecule has 0 aliphatic heterocycles. The van der Waals surface area contributed by atoms with Crippen molar-refractivity contribution in [3.8, 4) is 0 Å². The predicted octanol–water partition coefficient (Wildman–Crippen LogP) is 2.60. The highest BCUT2D eigenvalue weighted by Gasteiger charge is 2.04. The van der Waals surface area contributed by atoms with Crippen LogP contribution in [0.1, 0.15) is 19.6 Å². The molecule has 5 heteroatoms. The first kappa shape index (κ1) is 16.7. The van der Waals surface area contributed by atoms with Gasteiger partial charge in [-0.3, -0.25) is 0 Å². The largest absolute Gasteiger partial charge is 0.465 e. The molecule has 102 valence electrons. The number of ether oxygens (including phenoxy) is 1. The van der Waals surface area contributed by atoms with Gasteiger partial charge in [0.2, 0.25) is 0 Å². The monoisotopic (exact) mass is 273 g/mol. The van der Waals surface area contributed by atoms with E-state index in [-0.39, 0.29) is 18.4 Å². The molecule has 0 unspecified atom stereocenters. The predicted molar refractivity (Wildman–Crippen MR) is 73.7 cm³/mol. The Balaban J connectivity index is 0.00000289. The molecule has 0 radical (unpaired) electrons. The van der Waals surface area contributed by atoms with Crippen LogP contribution in [0.15, 0.2) is 28.9 Å². The van der Waals surface area contributed by atoms with Crippen LogP contribution in [0.4, 0.5) is 0 Å². The molecule has 4 nitrogen and oxygen atoms in total. The van der Waals surface area contributed by atoms with Gasteiger partial charge in [-0.1, -0.05) is 0 Å². The molecule has 0 amide bonds. The number of nitrogens with zero attached hydrogens (tertiary/aromatic N) is 1. The molecular formula is C13H20ClNO3. The summed E-state index contributed by atoms with van der Waals surface area (Å²) < 4.78 is 10.1. The Morgan fingerprint density at radius 1 is 1.56 bits per heavy atom. The molecule has 0 fully saturated rings. The molecule has 1 aromatic rings. The summed E-state index contributed by atoms with van der Waals surface area (Å²) in [7, 11) is 2.00. The van der Waals surface area contributed by atoms with Crippen molar-refractivity contribution in [2.75, 3.05) is 20.2 Å². The SMILES string of the molecule is CC(C)N(C)CCOC(=O)/C=C/c1ccco1.Cl. The highest BCUT2D eigenvalue weighted by molar-refractivity contribution is 5.86. The van der Waals surface area contributed by atoms with E-state index in [4.69, 9.17) is 9.15 Å². The molecule has 1 heterocycles. The molecule has 0 saturated heterocycles. The second kappa shape index (κ2) is 8.78. The van der Waals surface area contributed by atoms with Gasteiger partial charge in [-0.2, -0.15) is 0 Å². The topological polar surface area (TPSA) is 42.7 Å². The van der Waals surface area contributed by atoms with E-state index in [0.29, 0.717) is 18.4 Å². The fourth-order valence-corrected chi connectivity index (χ4v) is 1.13. The lowest BCUT2D eigenvalue weighted by molar-refractivity contribution is -0.138. The molecule has 0 saturated carbocycles. The Labute approximate surface area is 114 Å². The smallest absolute Gasteiger partial charge is 0.330 e. The van der Waals surface area contributed by atoms with Gasteiger partial charge in [-0.05, 0) is 39.1 Å². The number of hydrogen-bond donors (Lipinski definition) is 0. The van der Waals surface area contributed by atoms with Crippen LogP contribution in [-0.2, 0) is 9.53 Å². The lowest BCUT2D eigenvalue weighted by Gasteiger charge is -2.20. The molecular weight excluding hydrogens is 254 g/mol. The van der Waals surface area contributed by atoms with Crippen molar-refractivity contribution in [2.24, 2.45) is 0 Å². The van der Waals surface area contributed by atoms with Crippen LogP contribution in [0.3, 0.4) is 0 Å². The van der Waals surface area contributed by atoms with E-state index in [1.54, 1.807) is 24.5 Å². The van der Waals surface area contributed by atoms with Crippen LogP contribution in [0.5, 0.6) is 0 Å². The molecule has 0 aliphatic carbocycles. The molecule has 0 N–H and O–H groups in total. The van der Waals surface area contributed by atoms with Crippen LogP contribution in [-0.4, -0.2) is 37.1 Å². The van der Waals surface area contributed by atoms with Gasteiger partial charge in [-0.15, -0.1) is 12.4 Å². The molecule has 18 heavy (non-hydrogen) atoms. The average Bonchev–Trinajstić information content (AvgIpc) is 2.78. The van der Waals surface area contributed by atoms with Crippen LogP contribution in [0.2, 0.25) is 0 Å². The number of rotatable bonds is 6. The van der Waals surface area contributed by atoms with Gasteiger partial charge >= 0.3 is 5.97 Å². The summed E-state index contributed by atoms with van der Waals surface area (Å²) >= 11 is 0. The maximum absolute atomic E-state index is 11.3. The number of furan rings is 1. The third-order valence-electron chi connectivity index (χ3n) is 2.50. The Morgan fingerprint density at radius 3 is 2.83 bits per heavy atom. The Hall–Kier alpha value is -1.26. The van der Waals surface area contributed by atoms with Crippen molar-refractivity contribution >= 4 is 24.5 Å². The van der Waals surface area contributed by atoms with Gasteiger partial charge in [0.05, 0.1) is 6.26 Å². The average molecular weight is 274 g/mol. The number of carbonyl (C=O) groups excluding carboxylic acids is 1. The normalized spacial score (nSPS) is 10.9. The Kier molecular flexibility index (Phi) is 8.16. The Morgan fingerprint density at radius 2 is 2.28 bits per heavy atom. The first-order chi connectivity index (χ1) is 8.09. The number of esters is 1. The number of hydrogen-bond acceptors (Lipinski definition) is 4. The van der Waals surface area contributed by atoms with Gasteiger partial charge in [0, 0.05) is 18.7 Å². The van der Waals surface area contributed by atoms with E-state index >= 15 is 0 Å². The fraction of sp³-hybridized carbons (Fsp3) is 0.462. The van der Waals surface area contributed by atoms with Gasteiger partial charge in [0.15, 0.2) is 0 Å². The highest BCUT2D eigenvalue weighted by atomic mass is 35.5. The van der Waals surface area contributed by atoms with Crippen LogP contribution < -0.4 is 0 Å². The number of halogens is 1. The lowest BCUT2D eigenvalue weighted by Crippen LogP contribution is -2.30. The van der Waals surface area contributed by atoms with Crippen LogP contribution in [0.25, 0.3) is 6.08 Å². The van der Waals surface area contributed by atoms with Crippen molar-refractivity contribution in [3.63, 3.8) is 0 Å². The fourth-order valence-electron chi connectivity index (χ4n) is 1.13. The third kappa shape index (κ3) is 6.47. The van der Waals surface area contributed by atoms with Crippen molar-refractivity contribution < 1.29 is 13.9 Å². The summed E-state index contributed by atoms with van der Waals surface area (Å²) in [6.45, 7) is 5.32. The minimum absolute atomic E-state index is 0. The lowest BCUT2D eigenvalue weighted by atomic mass is 10.3. The maximum atomic E-state index is 11.3. The van der Waals surface area contributed by atoms with Crippen molar-refractivity contribution in [3.05, 3.63) is 30.2 Å². The molecule has 1 aromatic heterocycles. The molecule has 0 aromatic carbocycles. The maximum Gasteiger partial charge on any atom is 0.330 e. The Bertz CT molecular complexity index is 360. The summed E-state index contributed by atoms with van der Waals surface area (Å²) in [6.07, 6.45) is 4.52. The molecule has 0 aliphatic rings. The zero-order chi connectivity index (χ0) is 12.7. The van der Waals surface area contributed by atoms with Crippen molar-refractivity contribution in [2.45, 2.75) is 19.9 Å². The van der Waals surface area contributed by atoms with E-state index in [1.165, 1.54) is 6.08 Å². The van der Waals surface area contributed by atoms with Crippen molar-refractivity contribution in [1.82, 2.24) is 4.90 Å². The van der Waals surface area contributed by atoms with E-state index in [0.717, 1.165) is 6.54 Å². The summed E-state index contributed by atoms with van der Waals surface area (Å²) in [4.78, 5) is 13.4. The molecule has 1 rings (SSSR count). The summed E-state index contributed by atoms with van der Waals surface area (Å²) in [6, 6.07) is 3.99.